The molecule has 5 rings (SSSR count). The molecule has 0 saturated heterocycles. The van der Waals surface area contributed by atoms with Gasteiger partial charge in [-0.2, -0.15) is 0 Å². The number of hydrogen-bond donors (Lipinski definition) is 1. The Morgan fingerprint density at radius 1 is 1.00 bits per heavy atom. The van der Waals surface area contributed by atoms with Gasteiger partial charge in [0.2, 0.25) is 0 Å². The zero-order chi connectivity index (χ0) is 19.4. The third-order valence-electron chi connectivity index (χ3n) is 5.52. The van der Waals surface area contributed by atoms with Gasteiger partial charge in [-0.3, -0.25) is 0 Å². The fourth-order valence-corrected chi connectivity index (χ4v) is 5.12. The summed E-state index contributed by atoms with van der Waals surface area (Å²) < 4.78 is 50.2. The van der Waals surface area contributed by atoms with Gasteiger partial charge in [-0.05, 0) is 55.9 Å². The Morgan fingerprint density at radius 2 is 1.82 bits per heavy atom. The van der Waals surface area contributed by atoms with E-state index in [1.165, 1.54) is 24.3 Å². The highest BCUT2D eigenvalue weighted by molar-refractivity contribution is 7.20. The van der Waals surface area contributed by atoms with Crippen molar-refractivity contribution in [3.63, 3.8) is 0 Å². The van der Waals surface area contributed by atoms with Crippen LogP contribution in [-0.2, 0) is 6.42 Å². The van der Waals surface area contributed by atoms with Crippen molar-refractivity contribution in [3.05, 3.63) is 57.7 Å². The van der Waals surface area contributed by atoms with E-state index in [-0.39, 0.29) is 17.1 Å². The van der Waals surface area contributed by atoms with Crippen LogP contribution >= 0.6 is 11.3 Å². The van der Waals surface area contributed by atoms with Crippen LogP contribution in [0.2, 0.25) is 0 Å². The van der Waals surface area contributed by atoms with E-state index in [9.17, 15) is 9.50 Å². The second kappa shape index (κ2) is 6.55. The van der Waals surface area contributed by atoms with Gasteiger partial charge in [0.25, 0.3) is 0 Å². The van der Waals surface area contributed by atoms with E-state index in [1.807, 2.05) is 0 Å². The lowest BCUT2D eigenvalue weighted by molar-refractivity contribution is 0.282. The maximum Gasteiger partial charge on any atom is 0.140 e. The van der Waals surface area contributed by atoms with Gasteiger partial charge in [-0.25, -0.2) is 13.2 Å². The van der Waals surface area contributed by atoms with E-state index in [0.717, 1.165) is 36.2 Å². The molecule has 2 aromatic carbocycles. The van der Waals surface area contributed by atoms with Crippen LogP contribution in [0.5, 0.6) is 5.75 Å². The first kappa shape index (κ1) is 17.6. The Kier molecular flexibility index (Phi) is 4.12. The summed E-state index contributed by atoms with van der Waals surface area (Å²) >= 11 is 1.16. The average molecular weight is 402 g/mol. The van der Waals surface area contributed by atoms with Crippen LogP contribution in [0.25, 0.3) is 27.0 Å². The van der Waals surface area contributed by atoms with E-state index in [2.05, 4.69) is 0 Å². The summed E-state index contributed by atoms with van der Waals surface area (Å²) in [6.07, 6.45) is 3.63. The van der Waals surface area contributed by atoms with Crippen LogP contribution in [-0.4, -0.2) is 11.7 Å². The summed E-state index contributed by atoms with van der Waals surface area (Å²) in [5.74, 6) is -1.53. The van der Waals surface area contributed by atoms with Gasteiger partial charge in [-0.1, -0.05) is 0 Å². The second-order valence-electron chi connectivity index (χ2n) is 7.23. The molecule has 3 aromatic rings. The quantitative estimate of drug-likeness (QED) is 0.480. The van der Waals surface area contributed by atoms with E-state index in [0.29, 0.717) is 45.5 Å². The standard InChI is InChI=1S/C22H17F3O2S/c23-12-6-7-14-17(9-12)28-22(21(26)11-3-1-4-11)18(14)19-15(24)10-16-13(20(19)25)5-2-8-27-16/h6-7,9-10,26H,1-5,8H2. The molecule has 0 atom stereocenters. The van der Waals surface area contributed by atoms with Crippen LogP contribution < -0.4 is 4.74 Å². The molecule has 1 fully saturated rings. The highest BCUT2D eigenvalue weighted by Crippen LogP contribution is 2.47. The number of thiophene rings is 1. The molecule has 144 valence electrons. The molecule has 1 aliphatic heterocycles. The largest absolute Gasteiger partial charge is 0.506 e. The minimum Gasteiger partial charge on any atom is -0.506 e. The number of halogens is 3. The third-order valence-corrected chi connectivity index (χ3v) is 6.68. The maximum atomic E-state index is 15.4. The molecule has 1 N–H and O–H groups in total. The summed E-state index contributed by atoms with van der Waals surface area (Å²) in [6, 6.07) is 5.35. The number of ether oxygens (including phenoxy) is 1. The molecule has 1 aromatic heterocycles. The molecule has 0 unspecified atom stereocenters. The fraction of sp³-hybridized carbons (Fsp3) is 0.273. The minimum absolute atomic E-state index is 0.0654. The summed E-state index contributed by atoms with van der Waals surface area (Å²) in [4.78, 5) is 0.393. The minimum atomic E-state index is -0.741. The van der Waals surface area contributed by atoms with Crippen molar-refractivity contribution >= 4 is 27.2 Å². The van der Waals surface area contributed by atoms with Crippen molar-refractivity contribution in [2.75, 3.05) is 6.61 Å². The molecule has 2 nitrogen and oxygen atoms in total. The molecule has 0 amide bonds. The lowest BCUT2D eigenvalue weighted by Gasteiger charge is -2.21. The number of aliphatic hydroxyl groups is 1. The van der Waals surface area contributed by atoms with E-state index in [1.54, 1.807) is 0 Å². The van der Waals surface area contributed by atoms with Gasteiger partial charge in [0, 0.05) is 27.3 Å². The molecule has 2 heterocycles. The normalized spacial score (nSPS) is 15.9. The van der Waals surface area contributed by atoms with E-state index < -0.39 is 17.5 Å². The molecule has 6 heteroatoms. The Morgan fingerprint density at radius 3 is 2.57 bits per heavy atom. The topological polar surface area (TPSA) is 29.5 Å². The smallest absolute Gasteiger partial charge is 0.140 e. The average Bonchev–Trinajstić information content (AvgIpc) is 2.98. The number of fused-ring (bicyclic) bond motifs is 2. The Balaban J connectivity index is 1.84. The van der Waals surface area contributed by atoms with Crippen LogP contribution in [0.3, 0.4) is 0 Å². The van der Waals surface area contributed by atoms with Gasteiger partial charge < -0.3 is 9.84 Å². The Labute approximate surface area is 163 Å². The van der Waals surface area contributed by atoms with E-state index >= 15 is 8.78 Å². The van der Waals surface area contributed by atoms with E-state index in [4.69, 9.17) is 4.74 Å². The van der Waals surface area contributed by atoms with Crippen LogP contribution in [0.15, 0.2) is 29.8 Å². The zero-order valence-electron chi connectivity index (χ0n) is 14.9. The molecule has 0 bridgehead atoms. The van der Waals surface area contributed by atoms with Gasteiger partial charge in [0.05, 0.1) is 17.0 Å². The number of benzene rings is 2. The van der Waals surface area contributed by atoms with Gasteiger partial charge in [0.1, 0.15) is 29.0 Å². The lowest BCUT2D eigenvalue weighted by atomic mass is 9.89. The summed E-state index contributed by atoms with van der Waals surface area (Å²) in [5.41, 5.74) is 1.34. The third kappa shape index (κ3) is 2.62. The molecule has 0 spiro atoms. The molecular formula is C22H17F3O2S. The highest BCUT2D eigenvalue weighted by atomic mass is 32.1. The molecular weight excluding hydrogens is 385 g/mol. The lowest BCUT2D eigenvalue weighted by Crippen LogP contribution is -2.12. The van der Waals surface area contributed by atoms with Crippen molar-refractivity contribution in [1.29, 1.82) is 0 Å². The molecule has 28 heavy (non-hydrogen) atoms. The molecule has 1 aliphatic carbocycles. The van der Waals surface area contributed by atoms with Crippen molar-refractivity contribution in [1.82, 2.24) is 0 Å². The highest BCUT2D eigenvalue weighted by Gasteiger charge is 2.29. The SMILES string of the molecule is OC(=C1CCC1)c1sc2cc(F)ccc2c1-c1c(F)cc2c(c1F)CCCO2. The van der Waals surface area contributed by atoms with Gasteiger partial charge in [0.15, 0.2) is 0 Å². The number of allylic oxidation sites excluding steroid dienone is 1. The van der Waals surface area contributed by atoms with Crippen molar-refractivity contribution in [2.24, 2.45) is 0 Å². The van der Waals surface area contributed by atoms with Crippen molar-refractivity contribution in [2.45, 2.75) is 32.1 Å². The zero-order valence-corrected chi connectivity index (χ0v) is 15.8. The number of rotatable bonds is 2. The first-order chi connectivity index (χ1) is 13.5. The second-order valence-corrected chi connectivity index (χ2v) is 8.28. The molecule has 2 aliphatic rings. The van der Waals surface area contributed by atoms with Gasteiger partial charge in [-0.15, -0.1) is 11.3 Å². The first-order valence-corrected chi connectivity index (χ1v) is 10.1. The summed E-state index contributed by atoms with van der Waals surface area (Å²) in [6.45, 7) is 0.435. The van der Waals surface area contributed by atoms with Crippen LogP contribution in [0.1, 0.15) is 36.1 Å². The number of aliphatic hydroxyl groups excluding tert-OH is 1. The summed E-state index contributed by atoms with van der Waals surface area (Å²) in [5, 5.41) is 11.3. The number of hydrogen-bond acceptors (Lipinski definition) is 3. The summed E-state index contributed by atoms with van der Waals surface area (Å²) in [7, 11) is 0. The van der Waals surface area contributed by atoms with Crippen molar-refractivity contribution in [3.8, 4) is 16.9 Å². The molecule has 0 radical (unpaired) electrons. The first-order valence-electron chi connectivity index (χ1n) is 9.32. The van der Waals surface area contributed by atoms with Crippen LogP contribution in [0, 0.1) is 17.5 Å². The maximum absolute atomic E-state index is 15.4. The predicted octanol–water partition coefficient (Wildman–Crippen LogP) is 6.76. The molecule has 1 saturated carbocycles. The monoisotopic (exact) mass is 402 g/mol. The predicted molar refractivity (Wildman–Crippen MR) is 104 cm³/mol. The van der Waals surface area contributed by atoms with Gasteiger partial charge >= 0.3 is 0 Å². The van der Waals surface area contributed by atoms with Crippen molar-refractivity contribution < 1.29 is 23.0 Å². The fourth-order valence-electron chi connectivity index (χ4n) is 3.90. The Hall–Kier alpha value is -2.47. The van der Waals surface area contributed by atoms with Crippen LogP contribution in [0.4, 0.5) is 13.2 Å². The Bertz CT molecular complexity index is 1140.